The van der Waals surface area contributed by atoms with Crippen LogP contribution in [0.2, 0.25) is 0 Å². The van der Waals surface area contributed by atoms with Crippen LogP contribution in [0.1, 0.15) is 39.5 Å². The van der Waals surface area contributed by atoms with Crippen molar-refractivity contribution < 1.29 is 14.3 Å². The lowest BCUT2D eigenvalue weighted by Gasteiger charge is -2.07. The lowest BCUT2D eigenvalue weighted by atomic mass is 10.3. The molecule has 0 amide bonds. The third kappa shape index (κ3) is 6.52. The quantitative estimate of drug-likeness (QED) is 0.261. The van der Waals surface area contributed by atoms with Crippen molar-refractivity contribution in [3.63, 3.8) is 0 Å². The van der Waals surface area contributed by atoms with Gasteiger partial charge < -0.3 is 9.47 Å². The van der Waals surface area contributed by atoms with Gasteiger partial charge in [0.1, 0.15) is 0 Å². The second-order valence-electron chi connectivity index (χ2n) is 3.11. The molecule has 0 aromatic carbocycles. The normalized spacial score (nSPS) is 9.57. The van der Waals surface area contributed by atoms with Crippen molar-refractivity contribution in [1.82, 2.24) is 0 Å². The van der Waals surface area contributed by atoms with Crippen LogP contribution < -0.4 is 0 Å². The van der Waals surface area contributed by atoms with Crippen molar-refractivity contribution in [2.75, 3.05) is 13.2 Å². The number of hydrogen-bond donors (Lipinski definition) is 0. The van der Waals surface area contributed by atoms with Crippen LogP contribution in [0.15, 0.2) is 12.3 Å². The molecule has 0 saturated carbocycles. The second kappa shape index (κ2) is 8.60. The van der Waals surface area contributed by atoms with Gasteiger partial charge in [-0.25, -0.2) is 4.79 Å². The smallest absolute Gasteiger partial charge is 0.372 e. The first-order valence-electron chi connectivity index (χ1n) is 5.21. The third-order valence-electron chi connectivity index (χ3n) is 1.73. The zero-order valence-corrected chi connectivity index (χ0v) is 9.17. The molecule has 0 radical (unpaired) electrons. The summed E-state index contributed by atoms with van der Waals surface area (Å²) in [7, 11) is 0. The average molecular weight is 200 g/mol. The van der Waals surface area contributed by atoms with E-state index >= 15 is 0 Å². The first-order valence-corrected chi connectivity index (χ1v) is 5.21. The van der Waals surface area contributed by atoms with E-state index in [-0.39, 0.29) is 5.76 Å². The van der Waals surface area contributed by atoms with Crippen LogP contribution in [0.3, 0.4) is 0 Å². The van der Waals surface area contributed by atoms with Gasteiger partial charge in [0, 0.05) is 0 Å². The van der Waals surface area contributed by atoms with Crippen molar-refractivity contribution in [1.29, 1.82) is 0 Å². The minimum Gasteiger partial charge on any atom is -0.487 e. The summed E-state index contributed by atoms with van der Waals surface area (Å²) in [5.41, 5.74) is 0. The van der Waals surface area contributed by atoms with Gasteiger partial charge in [-0.15, -0.1) is 0 Å². The highest BCUT2D eigenvalue weighted by Gasteiger charge is 2.08. The number of carbonyl (C=O) groups excluding carboxylic acids is 1. The summed E-state index contributed by atoms with van der Waals surface area (Å²) in [6.45, 7) is 8.60. The van der Waals surface area contributed by atoms with Gasteiger partial charge >= 0.3 is 5.97 Å². The van der Waals surface area contributed by atoms with E-state index in [0.29, 0.717) is 13.2 Å². The summed E-state index contributed by atoms with van der Waals surface area (Å²) in [6.07, 6.45) is 3.86. The Balaban J connectivity index is 3.50. The van der Waals surface area contributed by atoms with E-state index in [9.17, 15) is 4.79 Å². The van der Waals surface area contributed by atoms with Crippen LogP contribution in [0.5, 0.6) is 0 Å². The largest absolute Gasteiger partial charge is 0.487 e. The maximum Gasteiger partial charge on any atom is 0.372 e. The Labute approximate surface area is 86.1 Å². The fraction of sp³-hybridized carbons (Fsp3) is 0.727. The van der Waals surface area contributed by atoms with Gasteiger partial charge in [0.05, 0.1) is 13.2 Å². The Bertz CT molecular complexity index is 155. The van der Waals surface area contributed by atoms with E-state index in [1.807, 2.05) is 6.92 Å². The van der Waals surface area contributed by atoms with Crippen LogP contribution in [0.25, 0.3) is 0 Å². The molecule has 0 rings (SSSR count). The molecule has 0 bridgehead atoms. The van der Waals surface area contributed by atoms with Crippen molar-refractivity contribution in [2.45, 2.75) is 39.5 Å². The fourth-order valence-corrected chi connectivity index (χ4v) is 0.788. The van der Waals surface area contributed by atoms with E-state index in [4.69, 9.17) is 9.47 Å². The Morgan fingerprint density at radius 3 is 2.07 bits per heavy atom. The predicted octanol–water partition coefficient (Wildman–Crippen LogP) is 2.66. The maximum absolute atomic E-state index is 11.2. The van der Waals surface area contributed by atoms with Gasteiger partial charge in [0.25, 0.3) is 0 Å². The van der Waals surface area contributed by atoms with Crippen molar-refractivity contribution in [3.05, 3.63) is 12.3 Å². The summed E-state index contributed by atoms with van der Waals surface area (Å²) in [4.78, 5) is 11.2. The standard InChI is InChI=1S/C11H20O3/c1-4-6-8-13-10(3)11(12)14-9-7-5-2/h3-9H2,1-2H3. The molecule has 14 heavy (non-hydrogen) atoms. The number of esters is 1. The van der Waals surface area contributed by atoms with Crippen LogP contribution in [0.4, 0.5) is 0 Å². The first-order chi connectivity index (χ1) is 6.72. The average Bonchev–Trinajstić information content (AvgIpc) is 2.18. The van der Waals surface area contributed by atoms with Gasteiger partial charge in [0.2, 0.25) is 0 Å². The SMILES string of the molecule is C=C(OCCCC)C(=O)OCCCC. The Hall–Kier alpha value is -0.990. The molecule has 0 aromatic rings. The summed E-state index contributed by atoms with van der Waals surface area (Å²) in [6, 6.07) is 0. The number of unbranched alkanes of at least 4 members (excludes halogenated alkanes) is 2. The molecule has 0 heterocycles. The molecular formula is C11H20O3. The van der Waals surface area contributed by atoms with E-state index in [0.717, 1.165) is 25.7 Å². The van der Waals surface area contributed by atoms with Gasteiger partial charge in [-0.1, -0.05) is 26.7 Å². The highest BCUT2D eigenvalue weighted by Crippen LogP contribution is 2.00. The zero-order valence-electron chi connectivity index (χ0n) is 9.17. The lowest BCUT2D eigenvalue weighted by Crippen LogP contribution is -2.11. The van der Waals surface area contributed by atoms with E-state index in [1.165, 1.54) is 0 Å². The molecule has 82 valence electrons. The van der Waals surface area contributed by atoms with Crippen LogP contribution in [0, 0.1) is 0 Å². The Morgan fingerprint density at radius 2 is 1.57 bits per heavy atom. The van der Waals surface area contributed by atoms with Gasteiger partial charge in [-0.3, -0.25) is 0 Å². The van der Waals surface area contributed by atoms with Gasteiger partial charge in [-0.2, -0.15) is 0 Å². The summed E-state index contributed by atoms with van der Waals surface area (Å²) in [5, 5.41) is 0. The second-order valence-corrected chi connectivity index (χ2v) is 3.11. The Kier molecular flexibility index (Phi) is 7.99. The van der Waals surface area contributed by atoms with Crippen LogP contribution >= 0.6 is 0 Å². The monoisotopic (exact) mass is 200 g/mol. The molecule has 0 aliphatic heterocycles. The minimum absolute atomic E-state index is 0.120. The van der Waals surface area contributed by atoms with E-state index in [2.05, 4.69) is 13.5 Å². The predicted molar refractivity (Wildman–Crippen MR) is 55.9 cm³/mol. The topological polar surface area (TPSA) is 35.5 Å². The van der Waals surface area contributed by atoms with Gasteiger partial charge in [0.15, 0.2) is 5.76 Å². The molecular weight excluding hydrogens is 180 g/mol. The van der Waals surface area contributed by atoms with E-state index in [1.54, 1.807) is 0 Å². The fourth-order valence-electron chi connectivity index (χ4n) is 0.788. The molecule has 0 fully saturated rings. The molecule has 0 aliphatic rings. The summed E-state index contributed by atoms with van der Waals surface area (Å²) >= 11 is 0. The molecule has 0 unspecified atom stereocenters. The summed E-state index contributed by atoms with van der Waals surface area (Å²) in [5.74, 6) is -0.316. The lowest BCUT2D eigenvalue weighted by molar-refractivity contribution is -0.143. The van der Waals surface area contributed by atoms with Crippen molar-refractivity contribution in [2.24, 2.45) is 0 Å². The maximum atomic E-state index is 11.2. The highest BCUT2D eigenvalue weighted by molar-refractivity contribution is 5.85. The molecule has 0 aliphatic carbocycles. The Morgan fingerprint density at radius 1 is 1.07 bits per heavy atom. The molecule has 3 heteroatoms. The number of carbonyl (C=O) groups is 1. The minimum atomic E-state index is -0.436. The highest BCUT2D eigenvalue weighted by atomic mass is 16.6. The number of ether oxygens (including phenoxy) is 2. The van der Waals surface area contributed by atoms with Crippen LogP contribution in [-0.2, 0) is 14.3 Å². The molecule has 0 aromatic heterocycles. The third-order valence-corrected chi connectivity index (χ3v) is 1.73. The molecule has 0 saturated heterocycles. The van der Waals surface area contributed by atoms with E-state index < -0.39 is 5.97 Å². The number of rotatable bonds is 8. The van der Waals surface area contributed by atoms with Crippen LogP contribution in [-0.4, -0.2) is 19.2 Å². The molecule has 0 N–H and O–H groups in total. The number of hydrogen-bond acceptors (Lipinski definition) is 3. The first kappa shape index (κ1) is 13.0. The molecule has 0 spiro atoms. The molecule has 0 atom stereocenters. The zero-order chi connectivity index (χ0) is 10.8. The molecule has 3 nitrogen and oxygen atoms in total. The van der Waals surface area contributed by atoms with Crippen molar-refractivity contribution in [3.8, 4) is 0 Å². The summed E-state index contributed by atoms with van der Waals surface area (Å²) < 4.78 is 10.0. The van der Waals surface area contributed by atoms with Gasteiger partial charge in [-0.05, 0) is 19.4 Å². The van der Waals surface area contributed by atoms with Crippen molar-refractivity contribution >= 4 is 5.97 Å².